The summed E-state index contributed by atoms with van der Waals surface area (Å²) in [6.07, 6.45) is 2.43. The van der Waals surface area contributed by atoms with E-state index in [1.54, 1.807) is 13.4 Å². The Labute approximate surface area is 184 Å². The number of methoxy groups -OCH3 is 1. The molecule has 1 unspecified atom stereocenters. The van der Waals surface area contributed by atoms with E-state index in [4.69, 9.17) is 18.9 Å². The van der Waals surface area contributed by atoms with Crippen LogP contribution in [0.3, 0.4) is 0 Å². The number of morpholine rings is 1. The molecule has 2 heterocycles. The minimum Gasteiger partial charge on any atom is -0.497 e. The van der Waals surface area contributed by atoms with E-state index in [9.17, 15) is 5.11 Å². The van der Waals surface area contributed by atoms with E-state index in [-0.39, 0.29) is 0 Å². The molecule has 0 amide bonds. The van der Waals surface area contributed by atoms with Crippen molar-refractivity contribution in [1.29, 1.82) is 0 Å². The molecule has 8 nitrogen and oxygen atoms in total. The van der Waals surface area contributed by atoms with Crippen LogP contribution in [0.2, 0.25) is 0 Å². The Morgan fingerprint density at radius 2 is 1.97 bits per heavy atom. The number of rotatable bonds is 10. The monoisotopic (exact) mass is 430 g/mol. The number of β-amino-alcohol motifs (C(OH)–C–C–N with tert-alkyl or cyclic N) is 1. The second kappa shape index (κ2) is 11.7. The molecule has 2 aromatic rings. The Kier molecular flexibility index (Phi) is 8.75. The number of nitrogens with zero attached hydrogens (tertiary/aromatic N) is 2. The summed E-state index contributed by atoms with van der Waals surface area (Å²) in [7, 11) is 1.65. The molecule has 1 aliphatic heterocycles. The van der Waals surface area contributed by atoms with Crippen molar-refractivity contribution in [2.45, 2.75) is 25.5 Å². The zero-order valence-electron chi connectivity index (χ0n) is 18.5. The topological polar surface area (TPSA) is 91.5 Å². The van der Waals surface area contributed by atoms with Gasteiger partial charge in [0, 0.05) is 39.1 Å². The zero-order chi connectivity index (χ0) is 21.9. The van der Waals surface area contributed by atoms with Gasteiger partial charge in [0.1, 0.15) is 11.5 Å². The molecule has 1 saturated heterocycles. The number of furan rings is 1. The molecular formula is C23H34N4O4. The first-order chi connectivity index (χ1) is 15.0. The maximum absolute atomic E-state index is 10.9. The lowest BCUT2D eigenvalue weighted by atomic mass is 10.1. The lowest BCUT2D eigenvalue weighted by molar-refractivity contribution is -0.0201. The molecular weight excluding hydrogens is 396 g/mol. The Morgan fingerprint density at radius 3 is 2.65 bits per heavy atom. The minimum atomic E-state index is -0.888. The number of ether oxygens (including phenoxy) is 2. The van der Waals surface area contributed by atoms with Crippen LogP contribution in [0, 0.1) is 0 Å². The van der Waals surface area contributed by atoms with E-state index in [1.165, 1.54) is 0 Å². The molecule has 0 saturated carbocycles. The lowest BCUT2D eigenvalue weighted by Crippen LogP contribution is -2.53. The third kappa shape index (κ3) is 8.24. The number of hydrogen-bond donors (Lipinski definition) is 3. The summed E-state index contributed by atoms with van der Waals surface area (Å²) in [6, 6.07) is 11.7. The summed E-state index contributed by atoms with van der Waals surface area (Å²) in [4.78, 5) is 6.92. The van der Waals surface area contributed by atoms with Crippen molar-refractivity contribution in [1.82, 2.24) is 15.5 Å². The van der Waals surface area contributed by atoms with Crippen molar-refractivity contribution in [3.8, 4) is 5.75 Å². The highest BCUT2D eigenvalue weighted by molar-refractivity contribution is 5.79. The smallest absolute Gasteiger partial charge is 0.191 e. The van der Waals surface area contributed by atoms with E-state index in [1.807, 2.05) is 43.3 Å². The molecule has 1 aliphatic rings. The van der Waals surface area contributed by atoms with Gasteiger partial charge in [-0.25, -0.2) is 4.99 Å². The van der Waals surface area contributed by atoms with Crippen molar-refractivity contribution in [3.05, 3.63) is 54.0 Å². The quantitative estimate of drug-likeness (QED) is 0.390. The largest absolute Gasteiger partial charge is 0.497 e. The average Bonchev–Trinajstić information content (AvgIpc) is 3.29. The van der Waals surface area contributed by atoms with Gasteiger partial charge in [-0.1, -0.05) is 12.1 Å². The van der Waals surface area contributed by atoms with Gasteiger partial charge in [0.2, 0.25) is 0 Å². The third-order valence-electron chi connectivity index (χ3n) is 5.13. The van der Waals surface area contributed by atoms with Gasteiger partial charge < -0.3 is 29.6 Å². The molecule has 1 fully saturated rings. The molecule has 0 spiro atoms. The molecule has 1 aromatic carbocycles. The number of aliphatic imine (C=N–C) groups is 1. The molecule has 0 radical (unpaired) electrons. The SMILES string of the molecule is COc1ccc(CN=C(NCCc2ccco2)NCC(C)(O)CN2CCOCC2)cc1. The fourth-order valence-electron chi connectivity index (χ4n) is 3.41. The van der Waals surface area contributed by atoms with Gasteiger partial charge in [0.05, 0.1) is 38.7 Å². The van der Waals surface area contributed by atoms with Gasteiger partial charge in [-0.15, -0.1) is 0 Å². The van der Waals surface area contributed by atoms with Crippen molar-refractivity contribution in [3.63, 3.8) is 0 Å². The highest BCUT2D eigenvalue weighted by Crippen LogP contribution is 2.12. The summed E-state index contributed by atoms with van der Waals surface area (Å²) in [5.41, 5.74) is 0.189. The van der Waals surface area contributed by atoms with E-state index >= 15 is 0 Å². The van der Waals surface area contributed by atoms with Crippen LogP contribution < -0.4 is 15.4 Å². The van der Waals surface area contributed by atoms with Crippen molar-refractivity contribution in [2.75, 3.05) is 53.0 Å². The van der Waals surface area contributed by atoms with Crippen LogP contribution in [-0.2, 0) is 17.7 Å². The first-order valence-corrected chi connectivity index (χ1v) is 10.7. The van der Waals surface area contributed by atoms with Crippen molar-refractivity contribution in [2.24, 2.45) is 4.99 Å². The summed E-state index contributed by atoms with van der Waals surface area (Å²) >= 11 is 0. The summed E-state index contributed by atoms with van der Waals surface area (Å²) in [5.74, 6) is 2.40. The molecule has 0 aliphatic carbocycles. The molecule has 8 heteroatoms. The summed E-state index contributed by atoms with van der Waals surface area (Å²) in [6.45, 7) is 7.13. The standard InChI is InChI=1S/C23H34N4O4/c1-23(28,18-27-11-14-30-15-12-27)17-26-22(24-10-9-21-4-3-13-31-21)25-16-19-5-7-20(29-2)8-6-19/h3-8,13,28H,9-12,14-18H2,1-2H3,(H2,24,25,26). The van der Waals surface area contributed by atoms with Crippen LogP contribution in [0.15, 0.2) is 52.1 Å². The van der Waals surface area contributed by atoms with Gasteiger partial charge >= 0.3 is 0 Å². The molecule has 1 atom stereocenters. The van der Waals surface area contributed by atoms with Crippen LogP contribution in [0.5, 0.6) is 5.75 Å². The van der Waals surface area contributed by atoms with Gasteiger partial charge in [0.15, 0.2) is 5.96 Å². The number of aliphatic hydroxyl groups is 1. The maximum atomic E-state index is 10.9. The van der Waals surface area contributed by atoms with Crippen LogP contribution in [0.1, 0.15) is 18.2 Å². The third-order valence-corrected chi connectivity index (χ3v) is 5.13. The number of benzene rings is 1. The summed E-state index contributed by atoms with van der Waals surface area (Å²) < 4.78 is 16.0. The van der Waals surface area contributed by atoms with Crippen molar-refractivity contribution < 1.29 is 19.0 Å². The Bertz CT molecular complexity index is 784. The minimum absolute atomic E-state index is 0.388. The molecule has 170 valence electrons. The van der Waals surface area contributed by atoms with E-state index < -0.39 is 5.60 Å². The summed E-state index contributed by atoms with van der Waals surface area (Å²) in [5, 5.41) is 17.5. The zero-order valence-corrected chi connectivity index (χ0v) is 18.5. The fraction of sp³-hybridized carbons (Fsp3) is 0.522. The molecule has 0 bridgehead atoms. The average molecular weight is 431 g/mol. The van der Waals surface area contributed by atoms with Crippen LogP contribution in [-0.4, -0.2) is 74.6 Å². The van der Waals surface area contributed by atoms with Gasteiger partial charge in [-0.3, -0.25) is 4.90 Å². The van der Waals surface area contributed by atoms with Crippen LogP contribution >= 0.6 is 0 Å². The predicted octanol–water partition coefficient (Wildman–Crippen LogP) is 1.65. The Morgan fingerprint density at radius 1 is 1.19 bits per heavy atom. The van der Waals surface area contributed by atoms with Crippen LogP contribution in [0.25, 0.3) is 0 Å². The number of hydrogen-bond acceptors (Lipinski definition) is 6. The highest BCUT2D eigenvalue weighted by Gasteiger charge is 2.25. The van der Waals surface area contributed by atoms with Gasteiger partial charge in [0.25, 0.3) is 0 Å². The van der Waals surface area contributed by atoms with E-state index in [2.05, 4.69) is 15.5 Å². The molecule has 3 N–H and O–H groups in total. The first-order valence-electron chi connectivity index (χ1n) is 10.7. The first kappa shape index (κ1) is 23.1. The maximum Gasteiger partial charge on any atom is 0.191 e. The van der Waals surface area contributed by atoms with E-state index in [0.717, 1.165) is 36.6 Å². The number of nitrogens with one attached hydrogen (secondary N) is 2. The van der Waals surface area contributed by atoms with Gasteiger partial charge in [-0.05, 0) is 36.8 Å². The van der Waals surface area contributed by atoms with E-state index in [0.29, 0.717) is 45.4 Å². The number of guanidine groups is 1. The molecule has 31 heavy (non-hydrogen) atoms. The predicted molar refractivity (Wildman–Crippen MR) is 120 cm³/mol. The highest BCUT2D eigenvalue weighted by atomic mass is 16.5. The second-order valence-electron chi connectivity index (χ2n) is 8.01. The Balaban J connectivity index is 1.56. The molecule has 1 aromatic heterocycles. The normalized spacial score (nSPS) is 17.2. The lowest BCUT2D eigenvalue weighted by Gasteiger charge is -2.34. The second-order valence-corrected chi connectivity index (χ2v) is 8.01. The van der Waals surface area contributed by atoms with Crippen LogP contribution in [0.4, 0.5) is 0 Å². The van der Waals surface area contributed by atoms with Gasteiger partial charge in [-0.2, -0.15) is 0 Å². The van der Waals surface area contributed by atoms with Crippen molar-refractivity contribution >= 4 is 5.96 Å². The molecule has 3 rings (SSSR count). The Hall–Kier alpha value is -2.55. The fourth-order valence-corrected chi connectivity index (χ4v) is 3.41.